The predicted octanol–water partition coefficient (Wildman–Crippen LogP) is 2.41. The Bertz CT molecular complexity index is 753. The van der Waals surface area contributed by atoms with Gasteiger partial charge in [-0.3, -0.25) is 4.98 Å². The van der Waals surface area contributed by atoms with Crippen LogP contribution in [0.5, 0.6) is 0 Å². The number of pyridine rings is 1. The predicted molar refractivity (Wildman–Crippen MR) is 83.6 cm³/mol. The number of nitrogens with one attached hydrogen (secondary N) is 1. The Labute approximate surface area is 129 Å². The Morgan fingerprint density at radius 3 is 2.67 bits per heavy atom. The highest BCUT2D eigenvalue weighted by Crippen LogP contribution is 2.26. The molecular weight excluding hydrogens is 310 g/mol. The molecule has 0 saturated carbocycles. The molecule has 0 bridgehead atoms. The van der Waals surface area contributed by atoms with Gasteiger partial charge in [-0.05, 0) is 48.7 Å². The van der Waals surface area contributed by atoms with Crippen molar-refractivity contribution in [1.82, 2.24) is 9.71 Å². The summed E-state index contributed by atoms with van der Waals surface area (Å²) in [7, 11) is -3.68. The SMILES string of the molecule is Cc1ccncc1CNS(=O)(=O)c1cc(N)c(C)c(Cl)c1. The van der Waals surface area contributed by atoms with Gasteiger partial charge in [0.15, 0.2) is 0 Å². The van der Waals surface area contributed by atoms with E-state index in [1.165, 1.54) is 12.1 Å². The molecule has 0 spiro atoms. The van der Waals surface area contributed by atoms with Crippen LogP contribution in [0.4, 0.5) is 5.69 Å². The van der Waals surface area contributed by atoms with Crippen LogP contribution in [-0.2, 0) is 16.6 Å². The minimum absolute atomic E-state index is 0.0529. The van der Waals surface area contributed by atoms with Gasteiger partial charge in [0, 0.05) is 29.6 Å². The van der Waals surface area contributed by atoms with Gasteiger partial charge >= 0.3 is 0 Å². The summed E-state index contributed by atoms with van der Waals surface area (Å²) in [5, 5.41) is 0.327. The van der Waals surface area contributed by atoms with Gasteiger partial charge in [-0.2, -0.15) is 0 Å². The first kappa shape index (κ1) is 15.8. The van der Waals surface area contributed by atoms with E-state index in [0.29, 0.717) is 16.3 Å². The van der Waals surface area contributed by atoms with Crippen LogP contribution in [0, 0.1) is 13.8 Å². The Kier molecular flexibility index (Phi) is 4.51. The van der Waals surface area contributed by atoms with Crippen LogP contribution in [0.2, 0.25) is 5.02 Å². The van der Waals surface area contributed by atoms with Crippen LogP contribution in [0.25, 0.3) is 0 Å². The molecule has 0 unspecified atom stereocenters. The van der Waals surface area contributed by atoms with E-state index in [9.17, 15) is 8.42 Å². The summed E-state index contributed by atoms with van der Waals surface area (Å²) in [6, 6.07) is 4.62. The summed E-state index contributed by atoms with van der Waals surface area (Å²) in [4.78, 5) is 4.04. The number of nitrogen functional groups attached to an aromatic ring is 1. The van der Waals surface area contributed by atoms with E-state index in [1.807, 2.05) is 13.0 Å². The number of aryl methyl sites for hydroxylation is 1. The molecular formula is C14H16ClN3O2S. The second-order valence-corrected chi connectivity index (χ2v) is 6.92. The highest BCUT2D eigenvalue weighted by molar-refractivity contribution is 7.89. The number of nitrogens with zero attached hydrogens (tertiary/aromatic N) is 1. The molecule has 0 atom stereocenters. The first-order valence-corrected chi connectivity index (χ1v) is 8.12. The summed E-state index contributed by atoms with van der Waals surface area (Å²) in [5.74, 6) is 0. The molecule has 0 saturated heterocycles. The molecule has 1 aromatic heterocycles. The zero-order valence-corrected chi connectivity index (χ0v) is 13.3. The Morgan fingerprint density at radius 2 is 2.05 bits per heavy atom. The van der Waals surface area contributed by atoms with Gasteiger partial charge < -0.3 is 5.73 Å². The molecule has 1 aromatic carbocycles. The van der Waals surface area contributed by atoms with Crippen molar-refractivity contribution < 1.29 is 8.42 Å². The Morgan fingerprint density at radius 1 is 1.33 bits per heavy atom. The maximum Gasteiger partial charge on any atom is 0.240 e. The lowest BCUT2D eigenvalue weighted by atomic mass is 10.2. The number of sulfonamides is 1. The van der Waals surface area contributed by atoms with E-state index in [1.54, 1.807) is 19.3 Å². The number of halogens is 1. The molecule has 2 aromatic rings. The third kappa shape index (κ3) is 3.53. The number of aromatic nitrogens is 1. The van der Waals surface area contributed by atoms with Gasteiger partial charge in [0.1, 0.15) is 0 Å². The summed E-state index contributed by atoms with van der Waals surface area (Å²) < 4.78 is 27.1. The fourth-order valence-corrected chi connectivity index (χ4v) is 3.13. The molecule has 3 N–H and O–H groups in total. The van der Waals surface area contributed by atoms with Crippen molar-refractivity contribution in [2.24, 2.45) is 0 Å². The molecule has 7 heteroatoms. The minimum Gasteiger partial charge on any atom is -0.398 e. The first-order chi connectivity index (χ1) is 9.81. The number of anilines is 1. The normalized spacial score (nSPS) is 11.6. The average Bonchev–Trinajstić information content (AvgIpc) is 2.43. The fraction of sp³-hybridized carbons (Fsp3) is 0.214. The maximum absolute atomic E-state index is 12.3. The summed E-state index contributed by atoms with van der Waals surface area (Å²) in [5.41, 5.74) is 8.56. The van der Waals surface area contributed by atoms with Crippen molar-refractivity contribution in [3.8, 4) is 0 Å². The second-order valence-electron chi connectivity index (χ2n) is 4.75. The molecule has 0 amide bonds. The van der Waals surface area contributed by atoms with Gasteiger partial charge in [-0.15, -0.1) is 0 Å². The highest BCUT2D eigenvalue weighted by atomic mass is 35.5. The molecule has 112 valence electrons. The lowest BCUT2D eigenvalue weighted by Gasteiger charge is -2.11. The van der Waals surface area contributed by atoms with E-state index in [2.05, 4.69) is 9.71 Å². The van der Waals surface area contributed by atoms with Gasteiger partial charge in [-0.1, -0.05) is 11.6 Å². The van der Waals surface area contributed by atoms with Crippen molar-refractivity contribution in [2.75, 3.05) is 5.73 Å². The van der Waals surface area contributed by atoms with Crippen LogP contribution < -0.4 is 10.5 Å². The number of nitrogens with two attached hydrogens (primary N) is 1. The standard InChI is InChI=1S/C14H16ClN3O2S/c1-9-3-4-17-7-11(9)8-18-21(19,20)12-5-13(15)10(2)14(16)6-12/h3-7,18H,8,16H2,1-2H3. The summed E-state index contributed by atoms with van der Waals surface area (Å²) in [6.07, 6.45) is 3.29. The molecule has 0 aliphatic heterocycles. The third-order valence-corrected chi connectivity index (χ3v) is 5.04. The van der Waals surface area contributed by atoms with Crippen molar-refractivity contribution in [3.05, 3.63) is 52.3 Å². The molecule has 21 heavy (non-hydrogen) atoms. The molecule has 0 aliphatic rings. The van der Waals surface area contributed by atoms with Crippen molar-refractivity contribution in [1.29, 1.82) is 0 Å². The molecule has 0 radical (unpaired) electrons. The van der Waals surface area contributed by atoms with Crippen molar-refractivity contribution in [2.45, 2.75) is 25.3 Å². The van der Waals surface area contributed by atoms with E-state index in [0.717, 1.165) is 11.1 Å². The summed E-state index contributed by atoms with van der Waals surface area (Å²) in [6.45, 7) is 3.79. The van der Waals surface area contributed by atoms with Crippen LogP contribution in [-0.4, -0.2) is 13.4 Å². The lowest BCUT2D eigenvalue weighted by molar-refractivity contribution is 0.581. The number of benzene rings is 1. The van der Waals surface area contributed by atoms with Gasteiger partial charge in [0.2, 0.25) is 10.0 Å². The van der Waals surface area contributed by atoms with Gasteiger partial charge in [0.25, 0.3) is 0 Å². The Hall–Kier alpha value is -1.63. The lowest BCUT2D eigenvalue weighted by Crippen LogP contribution is -2.24. The van der Waals surface area contributed by atoms with E-state index < -0.39 is 10.0 Å². The van der Waals surface area contributed by atoms with Gasteiger partial charge in [-0.25, -0.2) is 13.1 Å². The molecule has 0 fully saturated rings. The topological polar surface area (TPSA) is 85.1 Å². The Balaban J connectivity index is 2.25. The molecule has 1 heterocycles. The van der Waals surface area contributed by atoms with E-state index >= 15 is 0 Å². The first-order valence-electron chi connectivity index (χ1n) is 6.26. The van der Waals surface area contributed by atoms with Crippen molar-refractivity contribution >= 4 is 27.3 Å². The fourth-order valence-electron chi connectivity index (χ4n) is 1.77. The van der Waals surface area contributed by atoms with Gasteiger partial charge in [0.05, 0.1) is 4.90 Å². The van der Waals surface area contributed by atoms with E-state index in [4.69, 9.17) is 17.3 Å². The third-order valence-electron chi connectivity index (χ3n) is 3.27. The number of hydrogen-bond acceptors (Lipinski definition) is 4. The average molecular weight is 326 g/mol. The molecule has 5 nitrogen and oxygen atoms in total. The quantitative estimate of drug-likeness (QED) is 0.845. The second kappa shape index (κ2) is 6.01. The smallest absolute Gasteiger partial charge is 0.240 e. The van der Waals surface area contributed by atoms with Crippen LogP contribution >= 0.6 is 11.6 Å². The zero-order valence-electron chi connectivity index (χ0n) is 11.7. The maximum atomic E-state index is 12.3. The molecule has 0 aliphatic carbocycles. The monoisotopic (exact) mass is 325 g/mol. The minimum atomic E-state index is -3.68. The van der Waals surface area contributed by atoms with Crippen molar-refractivity contribution in [3.63, 3.8) is 0 Å². The highest BCUT2D eigenvalue weighted by Gasteiger charge is 2.17. The van der Waals surface area contributed by atoms with E-state index in [-0.39, 0.29) is 11.4 Å². The zero-order chi connectivity index (χ0) is 15.6. The van der Waals surface area contributed by atoms with Crippen LogP contribution in [0.1, 0.15) is 16.7 Å². The molecule has 2 rings (SSSR count). The van der Waals surface area contributed by atoms with Crippen LogP contribution in [0.15, 0.2) is 35.5 Å². The number of rotatable bonds is 4. The summed E-state index contributed by atoms with van der Waals surface area (Å²) >= 11 is 5.99. The number of hydrogen-bond donors (Lipinski definition) is 2. The van der Waals surface area contributed by atoms with Crippen LogP contribution in [0.3, 0.4) is 0 Å². The largest absolute Gasteiger partial charge is 0.398 e.